The molecule has 1 aromatic carbocycles. The second kappa shape index (κ2) is 6.69. The van der Waals surface area contributed by atoms with E-state index in [4.69, 9.17) is 11.6 Å². The summed E-state index contributed by atoms with van der Waals surface area (Å²) in [5.74, 6) is 0.154. The molecule has 0 amide bonds. The summed E-state index contributed by atoms with van der Waals surface area (Å²) in [6.45, 7) is 0.828. The quantitative estimate of drug-likeness (QED) is 0.882. The van der Waals surface area contributed by atoms with Gasteiger partial charge in [-0.05, 0) is 49.6 Å². The first-order chi connectivity index (χ1) is 8.69. The third kappa shape index (κ3) is 3.81. The largest absolute Gasteiger partial charge is 0.506 e. The van der Waals surface area contributed by atoms with Crippen molar-refractivity contribution in [1.82, 2.24) is 5.32 Å². The van der Waals surface area contributed by atoms with Crippen LogP contribution in [-0.2, 0) is 6.54 Å². The molecule has 0 saturated heterocycles. The van der Waals surface area contributed by atoms with Crippen LogP contribution in [0.25, 0.3) is 0 Å². The van der Waals surface area contributed by atoms with Gasteiger partial charge in [0.25, 0.3) is 0 Å². The topological polar surface area (TPSA) is 32.3 Å². The maximum Gasteiger partial charge on any atom is 0.134 e. The number of phenols is 1. The van der Waals surface area contributed by atoms with Crippen molar-refractivity contribution in [2.45, 2.75) is 43.5 Å². The molecule has 1 aliphatic carbocycles. The van der Waals surface area contributed by atoms with Gasteiger partial charge < -0.3 is 10.4 Å². The SMILES string of the molecule is CSC1CCC(NCc2ccc(O)c(Cl)c2)CC1. The molecule has 0 bridgehead atoms. The van der Waals surface area contributed by atoms with Crippen LogP contribution < -0.4 is 5.32 Å². The van der Waals surface area contributed by atoms with Crippen LogP contribution in [0.3, 0.4) is 0 Å². The molecule has 0 unspecified atom stereocenters. The van der Waals surface area contributed by atoms with Gasteiger partial charge in [0.05, 0.1) is 5.02 Å². The molecule has 1 aromatic rings. The fourth-order valence-electron chi connectivity index (χ4n) is 2.43. The Balaban J connectivity index is 1.79. The van der Waals surface area contributed by atoms with Gasteiger partial charge >= 0.3 is 0 Å². The smallest absolute Gasteiger partial charge is 0.134 e. The average molecular weight is 286 g/mol. The van der Waals surface area contributed by atoms with E-state index >= 15 is 0 Å². The van der Waals surface area contributed by atoms with Gasteiger partial charge in [0, 0.05) is 17.8 Å². The van der Waals surface area contributed by atoms with E-state index < -0.39 is 0 Å². The van der Waals surface area contributed by atoms with Gasteiger partial charge in [0.15, 0.2) is 0 Å². The van der Waals surface area contributed by atoms with Crippen molar-refractivity contribution in [2.24, 2.45) is 0 Å². The number of hydrogen-bond donors (Lipinski definition) is 2. The number of rotatable bonds is 4. The predicted molar refractivity (Wildman–Crippen MR) is 79.5 cm³/mol. The Bertz CT molecular complexity index is 391. The van der Waals surface area contributed by atoms with Crippen LogP contribution in [0.15, 0.2) is 18.2 Å². The third-order valence-electron chi connectivity index (χ3n) is 3.61. The van der Waals surface area contributed by atoms with Gasteiger partial charge in [0.2, 0.25) is 0 Å². The summed E-state index contributed by atoms with van der Waals surface area (Å²) in [5.41, 5.74) is 1.13. The Hall–Kier alpha value is -0.380. The molecular weight excluding hydrogens is 266 g/mol. The summed E-state index contributed by atoms with van der Waals surface area (Å²) in [6, 6.07) is 6.03. The van der Waals surface area contributed by atoms with Crippen molar-refractivity contribution >= 4 is 23.4 Å². The Kier molecular flexibility index (Phi) is 5.22. The average Bonchev–Trinajstić information content (AvgIpc) is 2.41. The summed E-state index contributed by atoms with van der Waals surface area (Å²) in [7, 11) is 0. The Morgan fingerprint density at radius 1 is 1.33 bits per heavy atom. The number of thioether (sulfide) groups is 1. The molecule has 2 N–H and O–H groups in total. The van der Waals surface area contributed by atoms with Crippen LogP contribution >= 0.6 is 23.4 Å². The van der Waals surface area contributed by atoms with Crippen LogP contribution in [0.2, 0.25) is 5.02 Å². The molecule has 2 nitrogen and oxygen atoms in total. The second-order valence-corrected chi connectivity index (χ2v) is 6.42. The molecule has 0 atom stereocenters. The third-order valence-corrected chi connectivity index (χ3v) is 5.06. The van der Waals surface area contributed by atoms with E-state index in [0.717, 1.165) is 17.4 Å². The summed E-state index contributed by atoms with van der Waals surface area (Å²) in [6.07, 6.45) is 7.36. The van der Waals surface area contributed by atoms with Crippen LogP contribution in [-0.4, -0.2) is 22.7 Å². The summed E-state index contributed by atoms with van der Waals surface area (Å²) in [5, 5.41) is 14.2. The molecule has 18 heavy (non-hydrogen) atoms. The lowest BCUT2D eigenvalue weighted by atomic mass is 9.95. The van der Waals surface area contributed by atoms with Gasteiger partial charge in [-0.2, -0.15) is 11.8 Å². The minimum atomic E-state index is 0.154. The molecule has 1 saturated carbocycles. The molecule has 1 fully saturated rings. The standard InChI is InChI=1S/C14H20ClNOS/c1-18-12-5-3-11(4-6-12)16-9-10-2-7-14(17)13(15)8-10/h2,7-8,11-12,16-17H,3-6,9H2,1H3. The number of aromatic hydroxyl groups is 1. The molecule has 0 aromatic heterocycles. The number of benzene rings is 1. The molecule has 1 aliphatic rings. The van der Waals surface area contributed by atoms with E-state index in [1.165, 1.54) is 25.7 Å². The molecule has 0 heterocycles. The number of hydrogen-bond acceptors (Lipinski definition) is 3. The van der Waals surface area contributed by atoms with Crippen molar-refractivity contribution in [3.63, 3.8) is 0 Å². The molecule has 0 spiro atoms. The molecule has 100 valence electrons. The van der Waals surface area contributed by atoms with Crippen LogP contribution in [0.5, 0.6) is 5.75 Å². The van der Waals surface area contributed by atoms with E-state index in [-0.39, 0.29) is 5.75 Å². The van der Waals surface area contributed by atoms with Gasteiger partial charge in [-0.25, -0.2) is 0 Å². The summed E-state index contributed by atoms with van der Waals surface area (Å²) in [4.78, 5) is 0. The first-order valence-electron chi connectivity index (χ1n) is 6.42. The van der Waals surface area contributed by atoms with Crippen molar-refractivity contribution in [1.29, 1.82) is 0 Å². The minimum Gasteiger partial charge on any atom is -0.506 e. The monoisotopic (exact) mass is 285 g/mol. The predicted octanol–water partition coefficient (Wildman–Crippen LogP) is 3.81. The Morgan fingerprint density at radius 2 is 2.06 bits per heavy atom. The molecule has 0 aliphatic heterocycles. The zero-order chi connectivity index (χ0) is 13.0. The summed E-state index contributed by atoms with van der Waals surface area (Å²) >= 11 is 7.89. The molecule has 0 radical (unpaired) electrons. The highest BCUT2D eigenvalue weighted by Gasteiger charge is 2.19. The second-order valence-electron chi connectivity index (χ2n) is 4.88. The van der Waals surface area contributed by atoms with E-state index in [1.807, 2.05) is 23.9 Å². The summed E-state index contributed by atoms with van der Waals surface area (Å²) < 4.78 is 0. The Labute approximate surface area is 118 Å². The first-order valence-corrected chi connectivity index (χ1v) is 8.09. The Morgan fingerprint density at radius 3 is 2.67 bits per heavy atom. The van der Waals surface area contributed by atoms with Crippen LogP contribution in [0.1, 0.15) is 31.2 Å². The number of halogens is 1. The number of phenolic OH excluding ortho intramolecular Hbond substituents is 1. The fraction of sp³-hybridized carbons (Fsp3) is 0.571. The van der Waals surface area contributed by atoms with E-state index in [2.05, 4.69) is 11.6 Å². The lowest BCUT2D eigenvalue weighted by molar-refractivity contribution is 0.379. The van der Waals surface area contributed by atoms with E-state index in [1.54, 1.807) is 6.07 Å². The lowest BCUT2D eigenvalue weighted by Crippen LogP contribution is -2.33. The maximum atomic E-state index is 9.36. The van der Waals surface area contributed by atoms with Crippen molar-refractivity contribution in [3.05, 3.63) is 28.8 Å². The molecule has 2 rings (SSSR count). The highest BCUT2D eigenvalue weighted by atomic mass is 35.5. The fourth-order valence-corrected chi connectivity index (χ4v) is 3.37. The van der Waals surface area contributed by atoms with Gasteiger partial charge in [-0.3, -0.25) is 0 Å². The first kappa shape index (κ1) is 14.0. The zero-order valence-corrected chi connectivity index (χ0v) is 12.2. The zero-order valence-electron chi connectivity index (χ0n) is 10.7. The normalized spacial score (nSPS) is 24.1. The van der Waals surface area contributed by atoms with Crippen molar-refractivity contribution in [3.8, 4) is 5.75 Å². The van der Waals surface area contributed by atoms with Gasteiger partial charge in [-0.1, -0.05) is 17.7 Å². The van der Waals surface area contributed by atoms with Crippen molar-refractivity contribution in [2.75, 3.05) is 6.26 Å². The molecule has 4 heteroatoms. The van der Waals surface area contributed by atoms with Crippen molar-refractivity contribution < 1.29 is 5.11 Å². The van der Waals surface area contributed by atoms with E-state index in [9.17, 15) is 5.11 Å². The van der Waals surface area contributed by atoms with Gasteiger partial charge in [0.1, 0.15) is 5.75 Å². The number of nitrogens with one attached hydrogen (secondary N) is 1. The molecular formula is C14H20ClNOS. The highest BCUT2D eigenvalue weighted by molar-refractivity contribution is 7.99. The van der Waals surface area contributed by atoms with E-state index in [0.29, 0.717) is 11.1 Å². The van der Waals surface area contributed by atoms with Crippen LogP contribution in [0, 0.1) is 0 Å². The van der Waals surface area contributed by atoms with Gasteiger partial charge in [-0.15, -0.1) is 0 Å². The maximum absolute atomic E-state index is 9.36. The minimum absolute atomic E-state index is 0.154. The van der Waals surface area contributed by atoms with Crippen LogP contribution in [0.4, 0.5) is 0 Å². The lowest BCUT2D eigenvalue weighted by Gasteiger charge is -2.28. The highest BCUT2D eigenvalue weighted by Crippen LogP contribution is 2.27.